The molecule has 22 heavy (non-hydrogen) atoms. The normalized spacial score (nSPS) is 12.0. The summed E-state index contributed by atoms with van der Waals surface area (Å²) in [5.74, 6) is -0.584. The summed E-state index contributed by atoms with van der Waals surface area (Å²) in [6.45, 7) is 7.93. The van der Waals surface area contributed by atoms with Gasteiger partial charge in [0.05, 0.1) is 6.61 Å². The summed E-state index contributed by atoms with van der Waals surface area (Å²) < 4.78 is 5.67. The van der Waals surface area contributed by atoms with E-state index in [1.807, 2.05) is 32.0 Å². The molecule has 1 aromatic carbocycles. The van der Waals surface area contributed by atoms with Gasteiger partial charge in [-0.05, 0) is 43.4 Å². The lowest BCUT2D eigenvalue weighted by molar-refractivity contribution is -0.143. The predicted octanol–water partition coefficient (Wildman–Crippen LogP) is 2.69. The Morgan fingerprint density at radius 3 is 2.55 bits per heavy atom. The molecule has 5 heteroatoms. The lowest BCUT2D eigenvalue weighted by atomic mass is 10.0. The molecule has 1 rings (SSSR count). The van der Waals surface area contributed by atoms with E-state index in [1.165, 1.54) is 0 Å². The molecule has 0 aliphatic rings. The summed E-state index contributed by atoms with van der Waals surface area (Å²) in [4.78, 5) is 22.8. The Bertz CT molecular complexity index is 525. The van der Waals surface area contributed by atoms with Gasteiger partial charge in [-0.25, -0.2) is 4.79 Å². The topological polar surface area (TPSA) is 75.6 Å². The summed E-state index contributed by atoms with van der Waals surface area (Å²) in [5.41, 5.74) is 2.18. The van der Waals surface area contributed by atoms with Crippen molar-refractivity contribution in [3.63, 3.8) is 0 Å². The zero-order chi connectivity index (χ0) is 16.7. The predicted molar refractivity (Wildman–Crippen MR) is 85.0 cm³/mol. The molecule has 1 aromatic rings. The molecule has 0 aliphatic heterocycles. The van der Waals surface area contributed by atoms with Crippen molar-refractivity contribution >= 4 is 11.9 Å². The molecule has 122 valence electrons. The van der Waals surface area contributed by atoms with E-state index in [9.17, 15) is 9.59 Å². The van der Waals surface area contributed by atoms with Crippen LogP contribution in [-0.2, 0) is 9.59 Å². The molecule has 0 radical (unpaired) electrons. The second-order valence-electron chi connectivity index (χ2n) is 5.85. The molecule has 0 heterocycles. The zero-order valence-corrected chi connectivity index (χ0v) is 13.7. The minimum Gasteiger partial charge on any atom is -0.493 e. The highest BCUT2D eigenvalue weighted by Gasteiger charge is 2.22. The Morgan fingerprint density at radius 1 is 1.27 bits per heavy atom. The number of benzene rings is 1. The molecule has 0 fully saturated rings. The molecular formula is C17H25NO4. The lowest BCUT2D eigenvalue weighted by Crippen LogP contribution is -2.44. The van der Waals surface area contributed by atoms with Gasteiger partial charge in [0.1, 0.15) is 11.8 Å². The number of carboxylic acids is 1. The van der Waals surface area contributed by atoms with E-state index in [1.54, 1.807) is 13.8 Å². The van der Waals surface area contributed by atoms with Crippen molar-refractivity contribution in [3.05, 3.63) is 29.3 Å². The van der Waals surface area contributed by atoms with E-state index < -0.39 is 12.0 Å². The van der Waals surface area contributed by atoms with Gasteiger partial charge in [-0.1, -0.05) is 26.0 Å². The highest BCUT2D eigenvalue weighted by molar-refractivity contribution is 5.83. The van der Waals surface area contributed by atoms with Crippen molar-refractivity contribution in [2.24, 2.45) is 5.92 Å². The summed E-state index contributed by atoms with van der Waals surface area (Å²) >= 11 is 0. The first-order valence-electron chi connectivity index (χ1n) is 7.53. The van der Waals surface area contributed by atoms with Crippen LogP contribution in [0.25, 0.3) is 0 Å². The quantitative estimate of drug-likeness (QED) is 0.724. The van der Waals surface area contributed by atoms with Crippen LogP contribution >= 0.6 is 0 Å². The number of carbonyl (C=O) groups is 2. The molecule has 5 nitrogen and oxygen atoms in total. The molecule has 0 saturated heterocycles. The maximum atomic E-state index is 11.8. The van der Waals surface area contributed by atoms with Crippen molar-refractivity contribution in [3.8, 4) is 5.75 Å². The van der Waals surface area contributed by atoms with Crippen molar-refractivity contribution in [1.82, 2.24) is 5.32 Å². The van der Waals surface area contributed by atoms with Crippen LogP contribution in [0.3, 0.4) is 0 Å². The largest absolute Gasteiger partial charge is 0.493 e. The molecule has 1 unspecified atom stereocenters. The highest BCUT2D eigenvalue weighted by atomic mass is 16.5. The fourth-order valence-electron chi connectivity index (χ4n) is 2.04. The number of rotatable bonds is 8. The number of hydrogen-bond acceptors (Lipinski definition) is 3. The second kappa shape index (κ2) is 8.41. The first-order valence-corrected chi connectivity index (χ1v) is 7.53. The maximum absolute atomic E-state index is 11.8. The van der Waals surface area contributed by atoms with Gasteiger partial charge in [0.25, 0.3) is 0 Å². The van der Waals surface area contributed by atoms with Crippen molar-refractivity contribution < 1.29 is 19.4 Å². The maximum Gasteiger partial charge on any atom is 0.326 e. The zero-order valence-electron chi connectivity index (χ0n) is 13.7. The monoisotopic (exact) mass is 307 g/mol. The van der Waals surface area contributed by atoms with Gasteiger partial charge in [0.15, 0.2) is 0 Å². The molecule has 1 amide bonds. The highest BCUT2D eigenvalue weighted by Crippen LogP contribution is 2.19. The fraction of sp³-hybridized carbons (Fsp3) is 0.529. The fourth-order valence-corrected chi connectivity index (χ4v) is 2.04. The number of ether oxygens (including phenoxy) is 1. The number of nitrogens with one attached hydrogen (secondary N) is 1. The minimum absolute atomic E-state index is 0.146. The van der Waals surface area contributed by atoms with Crippen molar-refractivity contribution in [2.75, 3.05) is 6.61 Å². The summed E-state index contributed by atoms with van der Waals surface area (Å²) in [5, 5.41) is 11.6. The van der Waals surface area contributed by atoms with Gasteiger partial charge >= 0.3 is 5.97 Å². The van der Waals surface area contributed by atoms with Gasteiger partial charge < -0.3 is 15.2 Å². The third-order valence-corrected chi connectivity index (χ3v) is 3.40. The Balaban J connectivity index is 2.36. The molecule has 0 aromatic heterocycles. The van der Waals surface area contributed by atoms with Gasteiger partial charge in [-0.2, -0.15) is 0 Å². The van der Waals surface area contributed by atoms with Crippen molar-refractivity contribution in [2.45, 2.75) is 46.6 Å². The van der Waals surface area contributed by atoms with Crippen LogP contribution in [0, 0.1) is 19.8 Å². The average Bonchev–Trinajstić information content (AvgIpc) is 2.43. The lowest BCUT2D eigenvalue weighted by Gasteiger charge is -2.17. The first-order chi connectivity index (χ1) is 10.3. The smallest absolute Gasteiger partial charge is 0.326 e. The Morgan fingerprint density at radius 2 is 1.95 bits per heavy atom. The molecule has 2 N–H and O–H groups in total. The molecule has 0 aliphatic carbocycles. The van der Waals surface area contributed by atoms with Crippen LogP contribution in [0.4, 0.5) is 0 Å². The molecular weight excluding hydrogens is 282 g/mol. The summed E-state index contributed by atoms with van der Waals surface area (Å²) in [7, 11) is 0. The van der Waals surface area contributed by atoms with E-state index in [0.29, 0.717) is 13.0 Å². The van der Waals surface area contributed by atoms with Gasteiger partial charge in [0, 0.05) is 6.42 Å². The van der Waals surface area contributed by atoms with E-state index in [-0.39, 0.29) is 18.2 Å². The second-order valence-corrected chi connectivity index (χ2v) is 5.85. The average molecular weight is 307 g/mol. The van der Waals surface area contributed by atoms with Crippen LogP contribution in [0.2, 0.25) is 0 Å². The Hall–Kier alpha value is -2.04. The standard InChI is InChI=1S/C17H25NO4/c1-11(2)16(17(20)21)18-15(19)6-5-9-22-14-10-12(3)7-8-13(14)4/h7-8,10-11,16H,5-6,9H2,1-4H3,(H,18,19)(H,20,21). The van der Waals surface area contributed by atoms with Crippen LogP contribution in [0.5, 0.6) is 5.75 Å². The number of carboxylic acid groups (broad SMARTS) is 1. The van der Waals surface area contributed by atoms with Gasteiger partial charge in [-0.15, -0.1) is 0 Å². The molecule has 0 saturated carbocycles. The van der Waals surface area contributed by atoms with Crippen LogP contribution in [0.15, 0.2) is 18.2 Å². The Labute approximate surface area is 131 Å². The Kier molecular flexibility index (Phi) is 6.89. The molecule has 0 bridgehead atoms. The van der Waals surface area contributed by atoms with E-state index >= 15 is 0 Å². The SMILES string of the molecule is Cc1ccc(C)c(OCCCC(=O)NC(C(=O)O)C(C)C)c1. The summed E-state index contributed by atoms with van der Waals surface area (Å²) in [6, 6.07) is 5.15. The molecule has 0 spiro atoms. The number of carbonyl (C=O) groups excluding carboxylic acids is 1. The van der Waals surface area contributed by atoms with Gasteiger partial charge in [-0.3, -0.25) is 4.79 Å². The van der Waals surface area contributed by atoms with Crippen LogP contribution in [-0.4, -0.2) is 29.6 Å². The third-order valence-electron chi connectivity index (χ3n) is 3.40. The summed E-state index contributed by atoms with van der Waals surface area (Å²) in [6.07, 6.45) is 0.797. The first kappa shape index (κ1) is 18.0. The number of aryl methyl sites for hydroxylation is 2. The number of amides is 1. The number of aliphatic carboxylic acids is 1. The van der Waals surface area contributed by atoms with Crippen molar-refractivity contribution in [1.29, 1.82) is 0 Å². The van der Waals surface area contributed by atoms with Crippen LogP contribution in [0.1, 0.15) is 37.8 Å². The van der Waals surface area contributed by atoms with E-state index in [4.69, 9.17) is 9.84 Å². The third kappa shape index (κ3) is 5.76. The van der Waals surface area contributed by atoms with Crippen LogP contribution < -0.4 is 10.1 Å². The minimum atomic E-state index is -1.00. The molecule has 1 atom stereocenters. The number of hydrogen-bond donors (Lipinski definition) is 2. The van der Waals surface area contributed by atoms with E-state index in [2.05, 4.69) is 5.32 Å². The van der Waals surface area contributed by atoms with Gasteiger partial charge in [0.2, 0.25) is 5.91 Å². The van der Waals surface area contributed by atoms with E-state index in [0.717, 1.165) is 16.9 Å².